The SMILES string of the molecule is CCc1nncn1CCNC(=NC)NCc1cccc(NC(=O)Cn2cccn2)c1. The van der Waals surface area contributed by atoms with Crippen LogP contribution in [0.1, 0.15) is 18.3 Å². The fraction of sp³-hybridized carbons (Fsp3) is 0.350. The van der Waals surface area contributed by atoms with Gasteiger partial charge in [-0.2, -0.15) is 5.10 Å². The molecule has 0 atom stereocenters. The minimum atomic E-state index is -0.123. The quantitative estimate of drug-likeness (QED) is 0.359. The van der Waals surface area contributed by atoms with E-state index in [0.717, 1.165) is 30.0 Å². The van der Waals surface area contributed by atoms with E-state index in [0.29, 0.717) is 19.0 Å². The Hall–Kier alpha value is -3.69. The van der Waals surface area contributed by atoms with Gasteiger partial charge >= 0.3 is 0 Å². The topological polar surface area (TPSA) is 114 Å². The van der Waals surface area contributed by atoms with Gasteiger partial charge in [-0.25, -0.2) is 0 Å². The highest BCUT2D eigenvalue weighted by Gasteiger charge is 2.06. The van der Waals surface area contributed by atoms with Gasteiger partial charge in [-0.05, 0) is 23.8 Å². The third-order valence-electron chi connectivity index (χ3n) is 4.42. The molecule has 10 nitrogen and oxygen atoms in total. The molecular weight excluding hydrogens is 382 g/mol. The molecule has 0 aliphatic carbocycles. The maximum atomic E-state index is 12.1. The van der Waals surface area contributed by atoms with Gasteiger partial charge in [-0.1, -0.05) is 19.1 Å². The molecule has 0 spiro atoms. The predicted octanol–water partition coefficient (Wildman–Crippen LogP) is 1.04. The number of carbonyl (C=O) groups is 1. The van der Waals surface area contributed by atoms with Crippen LogP contribution in [0, 0.1) is 0 Å². The van der Waals surface area contributed by atoms with E-state index in [1.165, 1.54) is 0 Å². The van der Waals surface area contributed by atoms with Gasteiger partial charge in [0.05, 0.1) is 0 Å². The molecule has 3 aromatic rings. The van der Waals surface area contributed by atoms with Crippen LogP contribution in [0.4, 0.5) is 5.69 Å². The number of nitrogens with zero attached hydrogens (tertiary/aromatic N) is 6. The second-order valence-electron chi connectivity index (χ2n) is 6.60. The smallest absolute Gasteiger partial charge is 0.246 e. The van der Waals surface area contributed by atoms with Crippen LogP contribution in [0.5, 0.6) is 0 Å². The van der Waals surface area contributed by atoms with E-state index in [1.807, 2.05) is 28.8 Å². The van der Waals surface area contributed by atoms with Crippen molar-refractivity contribution >= 4 is 17.6 Å². The van der Waals surface area contributed by atoms with Crippen molar-refractivity contribution in [2.75, 3.05) is 18.9 Å². The number of anilines is 1. The summed E-state index contributed by atoms with van der Waals surface area (Å²) in [5.41, 5.74) is 1.77. The Morgan fingerprint density at radius 2 is 2.13 bits per heavy atom. The molecule has 158 valence electrons. The van der Waals surface area contributed by atoms with Crippen molar-refractivity contribution in [1.82, 2.24) is 35.2 Å². The molecule has 0 unspecified atom stereocenters. The van der Waals surface area contributed by atoms with E-state index in [1.54, 1.807) is 36.5 Å². The van der Waals surface area contributed by atoms with Crippen molar-refractivity contribution in [2.45, 2.75) is 33.0 Å². The van der Waals surface area contributed by atoms with E-state index < -0.39 is 0 Å². The van der Waals surface area contributed by atoms with Crippen molar-refractivity contribution in [2.24, 2.45) is 4.99 Å². The average molecular weight is 409 g/mol. The van der Waals surface area contributed by atoms with Crippen LogP contribution < -0.4 is 16.0 Å². The normalized spacial score (nSPS) is 11.3. The number of aliphatic imine (C=N–C) groups is 1. The molecule has 30 heavy (non-hydrogen) atoms. The molecule has 10 heteroatoms. The molecule has 3 rings (SSSR count). The fourth-order valence-corrected chi connectivity index (χ4v) is 2.94. The standard InChI is InChI=1S/C20H27N9O/c1-3-18-27-24-15-28(18)11-9-22-20(21-2)23-13-16-6-4-7-17(12-16)26-19(30)14-29-10-5-8-25-29/h4-8,10,12,15H,3,9,11,13-14H2,1-2H3,(H,26,30)(H2,21,22,23). The number of aromatic nitrogens is 5. The third-order valence-corrected chi connectivity index (χ3v) is 4.42. The molecule has 1 amide bonds. The molecule has 0 radical (unpaired) electrons. The van der Waals surface area contributed by atoms with E-state index in [-0.39, 0.29) is 12.5 Å². The van der Waals surface area contributed by atoms with Crippen LogP contribution >= 0.6 is 0 Å². The number of rotatable bonds is 9. The number of aryl methyl sites for hydroxylation is 1. The molecule has 0 aliphatic heterocycles. The highest BCUT2D eigenvalue weighted by molar-refractivity contribution is 5.90. The van der Waals surface area contributed by atoms with Gasteiger partial charge < -0.3 is 20.5 Å². The molecule has 0 bridgehead atoms. The van der Waals surface area contributed by atoms with Gasteiger partial charge in [0.1, 0.15) is 18.7 Å². The average Bonchev–Trinajstić information content (AvgIpc) is 3.42. The van der Waals surface area contributed by atoms with Crippen LogP contribution in [-0.4, -0.2) is 50.0 Å². The molecule has 0 saturated carbocycles. The first-order chi connectivity index (χ1) is 14.7. The van der Waals surface area contributed by atoms with E-state index in [4.69, 9.17) is 0 Å². The summed E-state index contributed by atoms with van der Waals surface area (Å²) in [5, 5.41) is 21.5. The zero-order valence-electron chi connectivity index (χ0n) is 17.2. The molecule has 2 heterocycles. The monoisotopic (exact) mass is 409 g/mol. The zero-order valence-corrected chi connectivity index (χ0v) is 17.2. The predicted molar refractivity (Wildman–Crippen MR) is 115 cm³/mol. The number of amides is 1. The van der Waals surface area contributed by atoms with Gasteiger partial charge in [-0.3, -0.25) is 14.5 Å². The van der Waals surface area contributed by atoms with Crippen LogP contribution in [0.15, 0.2) is 54.0 Å². The molecule has 2 aromatic heterocycles. The van der Waals surface area contributed by atoms with Gasteiger partial charge in [0.25, 0.3) is 0 Å². The van der Waals surface area contributed by atoms with Gasteiger partial charge in [-0.15, -0.1) is 10.2 Å². The summed E-state index contributed by atoms with van der Waals surface area (Å²) in [7, 11) is 1.73. The largest absolute Gasteiger partial charge is 0.355 e. The second kappa shape index (κ2) is 10.7. The molecule has 1 aromatic carbocycles. The lowest BCUT2D eigenvalue weighted by molar-refractivity contribution is -0.116. The van der Waals surface area contributed by atoms with Crippen molar-refractivity contribution in [3.05, 3.63) is 60.4 Å². The zero-order chi connectivity index (χ0) is 21.2. The Kier molecular flexibility index (Phi) is 7.53. The van der Waals surface area contributed by atoms with E-state index in [2.05, 4.69) is 43.2 Å². The summed E-state index contributed by atoms with van der Waals surface area (Å²) in [6.45, 7) is 4.28. The van der Waals surface area contributed by atoms with Crippen molar-refractivity contribution in [3.8, 4) is 0 Å². The second-order valence-corrected chi connectivity index (χ2v) is 6.60. The van der Waals surface area contributed by atoms with E-state index in [9.17, 15) is 4.79 Å². The first-order valence-corrected chi connectivity index (χ1v) is 9.85. The van der Waals surface area contributed by atoms with Gasteiger partial charge in [0.2, 0.25) is 5.91 Å². The minimum absolute atomic E-state index is 0.123. The minimum Gasteiger partial charge on any atom is -0.355 e. The van der Waals surface area contributed by atoms with Crippen LogP contribution in [-0.2, 0) is 30.8 Å². The summed E-state index contributed by atoms with van der Waals surface area (Å²) in [4.78, 5) is 16.4. The summed E-state index contributed by atoms with van der Waals surface area (Å²) < 4.78 is 3.61. The van der Waals surface area contributed by atoms with Gasteiger partial charge in [0, 0.05) is 51.2 Å². The summed E-state index contributed by atoms with van der Waals surface area (Å²) in [5.74, 6) is 1.54. The first-order valence-electron chi connectivity index (χ1n) is 9.85. The molecule has 3 N–H and O–H groups in total. The van der Waals surface area contributed by atoms with Crippen molar-refractivity contribution in [1.29, 1.82) is 0 Å². The van der Waals surface area contributed by atoms with Crippen molar-refractivity contribution < 1.29 is 4.79 Å². The Morgan fingerprint density at radius 3 is 2.90 bits per heavy atom. The maximum Gasteiger partial charge on any atom is 0.246 e. The van der Waals surface area contributed by atoms with E-state index >= 15 is 0 Å². The number of hydrogen-bond donors (Lipinski definition) is 3. The number of guanidine groups is 1. The Bertz CT molecular complexity index is 962. The van der Waals surface area contributed by atoms with Crippen LogP contribution in [0.2, 0.25) is 0 Å². The van der Waals surface area contributed by atoms with Crippen LogP contribution in [0.3, 0.4) is 0 Å². The number of nitrogens with one attached hydrogen (secondary N) is 3. The lowest BCUT2D eigenvalue weighted by atomic mass is 10.2. The summed E-state index contributed by atoms with van der Waals surface area (Å²) in [6, 6.07) is 9.49. The van der Waals surface area contributed by atoms with Gasteiger partial charge in [0.15, 0.2) is 5.96 Å². The summed E-state index contributed by atoms with van der Waals surface area (Å²) >= 11 is 0. The highest BCUT2D eigenvalue weighted by atomic mass is 16.2. The molecular formula is C20H27N9O. The molecule has 0 saturated heterocycles. The lowest BCUT2D eigenvalue weighted by Gasteiger charge is -2.13. The number of carbonyl (C=O) groups excluding carboxylic acids is 1. The van der Waals surface area contributed by atoms with Crippen LogP contribution in [0.25, 0.3) is 0 Å². The fourth-order valence-electron chi connectivity index (χ4n) is 2.94. The Labute approximate surface area is 175 Å². The summed E-state index contributed by atoms with van der Waals surface area (Å²) in [6.07, 6.45) is 5.99. The third kappa shape index (κ3) is 6.16. The lowest BCUT2D eigenvalue weighted by Crippen LogP contribution is -2.38. The van der Waals surface area contributed by atoms with Crippen molar-refractivity contribution in [3.63, 3.8) is 0 Å². The highest BCUT2D eigenvalue weighted by Crippen LogP contribution is 2.10. The number of hydrogen-bond acceptors (Lipinski definition) is 5. The maximum absolute atomic E-state index is 12.1. The molecule has 0 fully saturated rings. The first kappa shape index (κ1) is 21.0. The number of benzene rings is 1. The Morgan fingerprint density at radius 1 is 1.23 bits per heavy atom. The molecule has 0 aliphatic rings. The Balaban J connectivity index is 1.45.